The topological polar surface area (TPSA) is 69.6 Å². The largest absolute Gasteiger partial charge is 0.467 e. The zero-order valence-electron chi connectivity index (χ0n) is 14.7. The lowest BCUT2D eigenvalue weighted by molar-refractivity contribution is 0.485. The van der Waals surface area contributed by atoms with Crippen LogP contribution in [0, 0.1) is 0 Å². The molecule has 4 rings (SSSR count). The van der Waals surface area contributed by atoms with Crippen molar-refractivity contribution in [3.05, 3.63) is 59.3 Å². The Balaban J connectivity index is 1.70. The smallest absolute Gasteiger partial charge is 0.199 e. The van der Waals surface area contributed by atoms with Crippen LogP contribution in [0.25, 0.3) is 11.4 Å². The second kappa shape index (κ2) is 7.84. The monoisotopic (exact) mass is 417 g/mol. The number of benzene rings is 1. The molecule has 6 nitrogen and oxygen atoms in total. The lowest BCUT2D eigenvalue weighted by atomic mass is 10.2. The highest BCUT2D eigenvalue weighted by molar-refractivity contribution is 8.00. The van der Waals surface area contributed by atoms with Crippen molar-refractivity contribution in [3.63, 3.8) is 0 Å². The van der Waals surface area contributed by atoms with Gasteiger partial charge in [0.05, 0.1) is 12.8 Å². The van der Waals surface area contributed by atoms with Crippen molar-refractivity contribution in [2.24, 2.45) is 0 Å². The summed E-state index contributed by atoms with van der Waals surface area (Å²) in [4.78, 5) is 4.59. The van der Waals surface area contributed by atoms with E-state index in [1.54, 1.807) is 6.26 Å². The predicted octanol–water partition coefficient (Wildman–Crippen LogP) is 5.37. The van der Waals surface area contributed by atoms with Crippen LogP contribution < -0.4 is 0 Å². The lowest BCUT2D eigenvalue weighted by Crippen LogP contribution is -2.03. The second-order valence-electron chi connectivity index (χ2n) is 6.15. The van der Waals surface area contributed by atoms with Crippen LogP contribution in [0.5, 0.6) is 0 Å². The van der Waals surface area contributed by atoms with Gasteiger partial charge in [0.2, 0.25) is 0 Å². The van der Waals surface area contributed by atoms with E-state index in [9.17, 15) is 0 Å². The molecule has 0 aliphatic carbocycles. The Labute approximate surface area is 169 Å². The fourth-order valence-electron chi connectivity index (χ4n) is 2.45. The molecular weight excluding hydrogens is 402 g/mol. The van der Waals surface area contributed by atoms with E-state index in [2.05, 4.69) is 33.4 Å². The SMILES string of the molecule is CC(C)c1nsc(Sc2nnc(-c3ccc(Cl)cc3)n2Cc2ccco2)n1. The summed E-state index contributed by atoms with van der Waals surface area (Å²) < 4.78 is 12.8. The average molecular weight is 418 g/mol. The van der Waals surface area contributed by atoms with E-state index in [0.717, 1.165) is 32.5 Å². The van der Waals surface area contributed by atoms with E-state index < -0.39 is 0 Å². The van der Waals surface area contributed by atoms with Crippen molar-refractivity contribution in [2.75, 3.05) is 0 Å². The van der Waals surface area contributed by atoms with Gasteiger partial charge in [0.25, 0.3) is 0 Å². The number of hydrogen-bond donors (Lipinski definition) is 0. The molecule has 3 aromatic heterocycles. The molecule has 0 radical (unpaired) electrons. The van der Waals surface area contributed by atoms with Gasteiger partial charge in [0.15, 0.2) is 15.3 Å². The van der Waals surface area contributed by atoms with Gasteiger partial charge in [-0.05, 0) is 59.7 Å². The number of nitrogens with zero attached hydrogens (tertiary/aromatic N) is 5. The molecule has 4 aromatic rings. The van der Waals surface area contributed by atoms with E-state index >= 15 is 0 Å². The Kier molecular flexibility index (Phi) is 5.29. The van der Waals surface area contributed by atoms with Gasteiger partial charge in [-0.25, -0.2) is 4.98 Å². The van der Waals surface area contributed by atoms with Gasteiger partial charge >= 0.3 is 0 Å². The van der Waals surface area contributed by atoms with Crippen molar-refractivity contribution in [3.8, 4) is 11.4 Å². The van der Waals surface area contributed by atoms with Crippen LogP contribution >= 0.6 is 34.9 Å². The zero-order valence-corrected chi connectivity index (χ0v) is 17.1. The number of furan rings is 1. The normalized spacial score (nSPS) is 11.4. The van der Waals surface area contributed by atoms with E-state index in [4.69, 9.17) is 16.0 Å². The van der Waals surface area contributed by atoms with Gasteiger partial charge in [-0.3, -0.25) is 4.57 Å². The summed E-state index contributed by atoms with van der Waals surface area (Å²) in [6.45, 7) is 4.68. The summed E-state index contributed by atoms with van der Waals surface area (Å²) in [5.74, 6) is 2.71. The molecular formula is C18H16ClN5OS2. The fourth-order valence-corrected chi connectivity index (χ4v) is 4.26. The highest BCUT2D eigenvalue weighted by Crippen LogP contribution is 2.32. The van der Waals surface area contributed by atoms with Gasteiger partial charge in [-0.15, -0.1) is 10.2 Å². The van der Waals surface area contributed by atoms with E-state index in [1.807, 2.05) is 41.0 Å². The van der Waals surface area contributed by atoms with E-state index in [1.165, 1.54) is 23.3 Å². The predicted molar refractivity (Wildman–Crippen MR) is 106 cm³/mol. The molecule has 0 unspecified atom stereocenters. The number of halogens is 1. The molecule has 0 bridgehead atoms. The Hall–Kier alpha value is -2.16. The first-order chi connectivity index (χ1) is 13.1. The van der Waals surface area contributed by atoms with Gasteiger partial charge in [-0.1, -0.05) is 25.4 Å². The average Bonchev–Trinajstić information content (AvgIpc) is 3.39. The van der Waals surface area contributed by atoms with Crippen LogP contribution in [-0.2, 0) is 6.54 Å². The van der Waals surface area contributed by atoms with Crippen LogP contribution in [0.15, 0.2) is 56.6 Å². The first-order valence-corrected chi connectivity index (χ1v) is 10.3. The summed E-state index contributed by atoms with van der Waals surface area (Å²) >= 11 is 8.85. The first-order valence-electron chi connectivity index (χ1n) is 8.33. The minimum Gasteiger partial charge on any atom is -0.467 e. The molecule has 27 heavy (non-hydrogen) atoms. The molecule has 3 heterocycles. The molecule has 0 spiro atoms. The van der Waals surface area contributed by atoms with E-state index in [0.29, 0.717) is 17.5 Å². The Morgan fingerprint density at radius 3 is 2.67 bits per heavy atom. The van der Waals surface area contributed by atoms with Crippen molar-refractivity contribution in [1.82, 2.24) is 24.1 Å². The minimum absolute atomic E-state index is 0.293. The van der Waals surface area contributed by atoms with Crippen molar-refractivity contribution in [2.45, 2.75) is 35.8 Å². The first kappa shape index (κ1) is 18.2. The summed E-state index contributed by atoms with van der Waals surface area (Å²) in [6.07, 6.45) is 1.66. The standard InChI is InChI=1S/C18H16ClN5OS2/c1-11(2)15-20-18(27-23-15)26-17-22-21-16(12-5-7-13(19)8-6-12)24(17)10-14-4-3-9-25-14/h3-9,11H,10H2,1-2H3. The molecule has 0 saturated heterocycles. The third-order valence-electron chi connectivity index (χ3n) is 3.83. The molecule has 0 fully saturated rings. The van der Waals surface area contributed by atoms with E-state index in [-0.39, 0.29) is 0 Å². The number of aromatic nitrogens is 5. The molecule has 0 saturated carbocycles. The van der Waals surface area contributed by atoms with Gasteiger partial charge < -0.3 is 4.42 Å². The maximum atomic E-state index is 6.02. The Bertz CT molecular complexity index is 1020. The van der Waals surface area contributed by atoms with Crippen molar-refractivity contribution in [1.29, 1.82) is 0 Å². The molecule has 1 aromatic carbocycles. The van der Waals surface area contributed by atoms with Crippen molar-refractivity contribution < 1.29 is 4.42 Å². The van der Waals surface area contributed by atoms with Crippen LogP contribution in [0.1, 0.15) is 31.4 Å². The van der Waals surface area contributed by atoms with Crippen LogP contribution in [0.4, 0.5) is 0 Å². The summed E-state index contributed by atoms with van der Waals surface area (Å²) in [5, 5.41) is 10.2. The van der Waals surface area contributed by atoms with Crippen molar-refractivity contribution >= 4 is 34.9 Å². The second-order valence-corrected chi connectivity index (χ2v) is 8.56. The number of rotatable bonds is 6. The molecule has 0 atom stereocenters. The highest BCUT2D eigenvalue weighted by Gasteiger charge is 2.18. The molecule has 0 aliphatic heterocycles. The maximum Gasteiger partial charge on any atom is 0.199 e. The Morgan fingerprint density at radius 1 is 1.19 bits per heavy atom. The fraction of sp³-hybridized carbons (Fsp3) is 0.222. The van der Waals surface area contributed by atoms with Crippen LogP contribution in [0.3, 0.4) is 0 Å². The minimum atomic E-state index is 0.293. The third kappa shape index (κ3) is 4.07. The Morgan fingerprint density at radius 2 is 2.00 bits per heavy atom. The van der Waals surface area contributed by atoms with Crippen LogP contribution in [0.2, 0.25) is 5.02 Å². The van der Waals surface area contributed by atoms with Gasteiger partial charge in [0, 0.05) is 16.5 Å². The van der Waals surface area contributed by atoms with Crippen LogP contribution in [-0.4, -0.2) is 24.1 Å². The third-order valence-corrected chi connectivity index (χ3v) is 5.83. The molecule has 0 N–H and O–H groups in total. The maximum absolute atomic E-state index is 6.02. The molecule has 138 valence electrons. The quantitative estimate of drug-likeness (QED) is 0.420. The summed E-state index contributed by atoms with van der Waals surface area (Å²) in [5.41, 5.74) is 0.936. The van der Waals surface area contributed by atoms with Gasteiger partial charge in [0.1, 0.15) is 11.6 Å². The molecule has 0 amide bonds. The lowest BCUT2D eigenvalue weighted by Gasteiger charge is -2.08. The zero-order chi connectivity index (χ0) is 18.8. The summed E-state index contributed by atoms with van der Waals surface area (Å²) in [7, 11) is 0. The summed E-state index contributed by atoms with van der Waals surface area (Å²) in [6, 6.07) is 11.4. The highest BCUT2D eigenvalue weighted by atomic mass is 35.5. The molecule has 0 aliphatic rings. The van der Waals surface area contributed by atoms with Gasteiger partial charge in [-0.2, -0.15) is 4.37 Å². The number of hydrogen-bond acceptors (Lipinski definition) is 7. The molecule has 9 heteroatoms.